The van der Waals surface area contributed by atoms with Crippen LogP contribution < -0.4 is 13.7 Å². The predicted octanol–water partition coefficient (Wildman–Crippen LogP) is 2.45. The second kappa shape index (κ2) is 10.9. The fourth-order valence-corrected chi connectivity index (χ4v) is 4.72. The van der Waals surface area contributed by atoms with Crippen LogP contribution in [-0.2, 0) is 20.1 Å². The molecule has 0 fully saturated rings. The van der Waals surface area contributed by atoms with E-state index in [1.165, 1.54) is 8.92 Å². The summed E-state index contributed by atoms with van der Waals surface area (Å²) in [5.41, 5.74) is 1.85. The molecule has 1 radical (unpaired) electrons. The summed E-state index contributed by atoms with van der Waals surface area (Å²) in [5.74, 6) is 1.86. The van der Waals surface area contributed by atoms with Crippen molar-refractivity contribution in [1.29, 1.82) is 0 Å². The molecule has 0 saturated carbocycles. The summed E-state index contributed by atoms with van der Waals surface area (Å²) in [6, 6.07) is 21.4. The number of aliphatic hydroxyl groups excluding tert-OH is 2. The van der Waals surface area contributed by atoms with E-state index < -0.39 is 0 Å². The monoisotopic (exact) mass is 621 g/mol. The zero-order valence-electron chi connectivity index (χ0n) is 15.6. The molecule has 4 rings (SSSR count). The van der Waals surface area contributed by atoms with Crippen molar-refractivity contribution >= 4 is 23.9 Å². The maximum atomic E-state index is 8.56. The van der Waals surface area contributed by atoms with Crippen LogP contribution in [0.1, 0.15) is 20.3 Å². The Kier molecular flexibility index (Phi) is 8.84. The Bertz CT molecular complexity index is 882. The third kappa shape index (κ3) is 5.99. The molecule has 1 aliphatic heterocycles. The van der Waals surface area contributed by atoms with E-state index in [0.29, 0.717) is 6.42 Å². The average Bonchev–Trinajstić information content (AvgIpc) is 2.66. The van der Waals surface area contributed by atoms with Gasteiger partial charge in [0.2, 0.25) is 0 Å². The van der Waals surface area contributed by atoms with Crippen molar-refractivity contribution in [2.75, 3.05) is 0 Å². The maximum absolute atomic E-state index is 8.56. The van der Waals surface area contributed by atoms with Crippen LogP contribution in [0.3, 0.4) is 0 Å². The summed E-state index contributed by atoms with van der Waals surface area (Å²) in [5, 5.41) is 17.1. The first kappa shape index (κ1) is 22.8. The summed E-state index contributed by atoms with van der Waals surface area (Å²) in [6.45, 7) is 3.32. The van der Waals surface area contributed by atoms with Gasteiger partial charge < -0.3 is 10.2 Å². The Morgan fingerprint density at radius 3 is 2.36 bits per heavy atom. The number of fused-ring (bicyclic) bond motifs is 2. The molecular weight excluding hydrogens is 597 g/mol. The van der Waals surface area contributed by atoms with Gasteiger partial charge in [0.05, 0.1) is 12.2 Å². The summed E-state index contributed by atoms with van der Waals surface area (Å²) >= 11 is 0.267. The van der Waals surface area contributed by atoms with Crippen molar-refractivity contribution in [2.24, 2.45) is 0 Å². The second-order valence-electron chi connectivity index (χ2n) is 6.35. The van der Waals surface area contributed by atoms with Gasteiger partial charge in [0.25, 0.3) is 0 Å². The Hall–Kier alpha value is -1.52. The molecular formula is C22H22IrNO3Se-. The van der Waals surface area contributed by atoms with E-state index in [1.807, 2.05) is 36.4 Å². The second-order valence-corrected chi connectivity index (χ2v) is 8.62. The van der Waals surface area contributed by atoms with Crippen molar-refractivity contribution < 1.29 is 35.1 Å². The molecule has 3 aromatic rings. The van der Waals surface area contributed by atoms with E-state index in [4.69, 9.17) is 14.9 Å². The first-order chi connectivity index (χ1) is 13.0. The van der Waals surface area contributed by atoms with Crippen LogP contribution in [0.15, 0.2) is 60.8 Å². The summed E-state index contributed by atoms with van der Waals surface area (Å²) in [7, 11) is 0. The number of nitrogens with zero attached hydrogens (tertiary/aromatic N) is 1. The van der Waals surface area contributed by atoms with Crippen molar-refractivity contribution in [1.82, 2.24) is 4.98 Å². The minimum absolute atomic E-state index is 0. The SMILES string of the molecule is CC(O)CC(C)O.[Ir].[c-]1ccc2c(c1-c1ccccn1)Oc1ccccc1[Se]2. The van der Waals surface area contributed by atoms with Gasteiger partial charge in [-0.25, -0.2) is 0 Å². The van der Waals surface area contributed by atoms with Gasteiger partial charge >= 0.3 is 123 Å². The molecule has 2 aromatic carbocycles. The summed E-state index contributed by atoms with van der Waals surface area (Å²) in [6.07, 6.45) is 1.52. The van der Waals surface area contributed by atoms with Crippen LogP contribution >= 0.6 is 0 Å². The Morgan fingerprint density at radius 2 is 1.71 bits per heavy atom. The molecule has 1 aliphatic rings. The van der Waals surface area contributed by atoms with Crippen LogP contribution in [-0.4, -0.2) is 42.4 Å². The van der Waals surface area contributed by atoms with Crippen LogP contribution in [0.5, 0.6) is 11.5 Å². The van der Waals surface area contributed by atoms with Gasteiger partial charge in [-0.2, -0.15) is 0 Å². The number of pyridine rings is 1. The van der Waals surface area contributed by atoms with Crippen molar-refractivity contribution in [3.8, 4) is 22.8 Å². The Morgan fingerprint density at radius 1 is 1.00 bits per heavy atom. The molecule has 1 aromatic heterocycles. The first-order valence-corrected chi connectivity index (χ1v) is 10.5. The van der Waals surface area contributed by atoms with Crippen molar-refractivity contribution in [2.45, 2.75) is 32.5 Å². The fraction of sp³-hybridized carbons (Fsp3) is 0.227. The van der Waals surface area contributed by atoms with Crippen LogP contribution in [0.4, 0.5) is 0 Å². The molecule has 0 spiro atoms. The van der Waals surface area contributed by atoms with Gasteiger partial charge in [0, 0.05) is 20.1 Å². The molecule has 149 valence electrons. The van der Waals surface area contributed by atoms with Gasteiger partial charge in [0.15, 0.2) is 0 Å². The molecule has 2 unspecified atom stereocenters. The van der Waals surface area contributed by atoms with Crippen LogP contribution in [0.25, 0.3) is 11.3 Å². The average molecular weight is 620 g/mol. The number of hydrogen-bond acceptors (Lipinski definition) is 4. The molecule has 0 aliphatic carbocycles. The van der Waals surface area contributed by atoms with E-state index in [-0.39, 0.29) is 47.3 Å². The quantitative estimate of drug-likeness (QED) is 0.274. The van der Waals surface area contributed by atoms with Gasteiger partial charge in [-0.05, 0) is 20.3 Å². The Balaban J connectivity index is 0.000000306. The summed E-state index contributed by atoms with van der Waals surface area (Å²) < 4.78 is 8.64. The van der Waals surface area contributed by atoms with E-state index in [2.05, 4.69) is 29.2 Å². The third-order valence-electron chi connectivity index (χ3n) is 3.80. The van der Waals surface area contributed by atoms with Crippen molar-refractivity contribution in [3.63, 3.8) is 0 Å². The topological polar surface area (TPSA) is 62.6 Å². The molecule has 0 saturated heterocycles. The standard InChI is InChI=1S/C17H10NOSe.C5H12O2.Ir/c1-2-9-15-14(8-1)19-17-12(6-5-10-16(17)20-15)13-7-3-4-11-18-13;1-4(6)3-5(2)7;/h1-5,7-11H;4-7H,3H2,1-2H3;/q-1;;. The zero-order chi connectivity index (χ0) is 19.2. The summed E-state index contributed by atoms with van der Waals surface area (Å²) in [4.78, 5) is 4.41. The number of aromatic nitrogens is 1. The van der Waals surface area contributed by atoms with E-state index in [1.54, 1.807) is 20.0 Å². The van der Waals surface area contributed by atoms with E-state index in [0.717, 1.165) is 22.8 Å². The van der Waals surface area contributed by atoms with Gasteiger partial charge in [-0.1, -0.05) is 0 Å². The molecule has 2 atom stereocenters. The van der Waals surface area contributed by atoms with Crippen LogP contribution in [0.2, 0.25) is 0 Å². The predicted molar refractivity (Wildman–Crippen MR) is 108 cm³/mol. The molecule has 0 amide bonds. The van der Waals surface area contributed by atoms with Gasteiger partial charge in [-0.15, -0.1) is 0 Å². The number of hydrogen-bond donors (Lipinski definition) is 2. The minimum atomic E-state index is -0.375. The normalized spacial score (nSPS) is 13.4. The number of para-hydroxylation sites is 1. The molecule has 4 nitrogen and oxygen atoms in total. The number of aliphatic hydroxyl groups is 2. The zero-order valence-corrected chi connectivity index (χ0v) is 19.7. The first-order valence-electron chi connectivity index (χ1n) is 8.81. The molecule has 0 bridgehead atoms. The van der Waals surface area contributed by atoms with Gasteiger partial charge in [-0.3, -0.25) is 0 Å². The van der Waals surface area contributed by atoms with Crippen molar-refractivity contribution in [3.05, 3.63) is 66.9 Å². The molecule has 2 N–H and O–H groups in total. The number of rotatable bonds is 3. The molecule has 2 heterocycles. The molecule has 28 heavy (non-hydrogen) atoms. The van der Waals surface area contributed by atoms with Gasteiger partial charge in [0.1, 0.15) is 0 Å². The Labute approximate surface area is 185 Å². The van der Waals surface area contributed by atoms with Crippen LogP contribution in [0, 0.1) is 6.07 Å². The molecule has 6 heteroatoms. The number of ether oxygens (including phenoxy) is 1. The third-order valence-corrected chi connectivity index (χ3v) is 6.10. The van der Waals surface area contributed by atoms with E-state index in [9.17, 15) is 0 Å². The number of benzene rings is 2. The fourth-order valence-electron chi connectivity index (χ4n) is 2.69. The van der Waals surface area contributed by atoms with E-state index >= 15 is 0 Å².